The maximum atomic E-state index is 12.9. The van der Waals surface area contributed by atoms with Gasteiger partial charge >= 0.3 is 0 Å². The van der Waals surface area contributed by atoms with Crippen LogP contribution >= 0.6 is 11.6 Å². The van der Waals surface area contributed by atoms with Crippen LogP contribution in [0.15, 0.2) is 12.1 Å². The normalized spacial score (nSPS) is 26.4. The van der Waals surface area contributed by atoms with E-state index in [0.717, 1.165) is 56.4 Å². The Bertz CT molecular complexity index is 1050. The molecule has 9 heteroatoms. The van der Waals surface area contributed by atoms with Gasteiger partial charge in [0.05, 0.1) is 11.2 Å². The minimum Gasteiger partial charge on any atom is -0.337 e. The molecule has 0 spiro atoms. The predicted octanol–water partition coefficient (Wildman–Crippen LogP) is 3.63. The number of halogens is 1. The van der Waals surface area contributed by atoms with Crippen molar-refractivity contribution in [3.8, 4) is 0 Å². The first-order valence-electron chi connectivity index (χ1n) is 12.4. The van der Waals surface area contributed by atoms with Gasteiger partial charge in [-0.2, -0.15) is 0 Å². The first-order chi connectivity index (χ1) is 16.0. The van der Waals surface area contributed by atoms with Crippen LogP contribution in [0, 0.1) is 18.8 Å². The number of carbonyl (C=O) groups is 2. The summed E-state index contributed by atoms with van der Waals surface area (Å²) in [5.41, 5.74) is 2.60. The number of carbonyl (C=O) groups excluding carboxylic acids is 2. The number of nitrogens with one attached hydrogen (secondary N) is 1. The van der Waals surface area contributed by atoms with Gasteiger partial charge in [0.2, 0.25) is 11.8 Å². The first-order valence-corrected chi connectivity index (χ1v) is 14.7. The molecule has 0 bridgehead atoms. The highest BCUT2D eigenvalue weighted by Gasteiger charge is 2.43. The fourth-order valence-electron chi connectivity index (χ4n) is 5.69. The molecule has 1 aromatic rings. The summed E-state index contributed by atoms with van der Waals surface area (Å²) in [6, 6.07) is 3.82. The summed E-state index contributed by atoms with van der Waals surface area (Å²) in [4.78, 5) is 30.1. The van der Waals surface area contributed by atoms with Gasteiger partial charge in [0.1, 0.15) is 0 Å². The Hall–Kier alpha value is -1.64. The summed E-state index contributed by atoms with van der Waals surface area (Å²) in [5, 5.41) is 2.87. The molecule has 1 heterocycles. The van der Waals surface area contributed by atoms with Crippen LogP contribution in [0.25, 0.3) is 0 Å². The van der Waals surface area contributed by atoms with Gasteiger partial charge in [-0.25, -0.2) is 8.42 Å². The number of hydrogen-bond donors (Lipinski definition) is 1. The van der Waals surface area contributed by atoms with E-state index in [4.69, 9.17) is 11.6 Å². The smallest absolute Gasteiger partial charge is 0.228 e. The van der Waals surface area contributed by atoms with Crippen LogP contribution in [0.5, 0.6) is 0 Å². The Morgan fingerprint density at radius 3 is 2.41 bits per heavy atom. The molecule has 1 aliphatic heterocycles. The molecule has 0 aromatic heterocycles. The number of rotatable bonds is 6. The average molecular weight is 510 g/mol. The van der Waals surface area contributed by atoms with E-state index in [1.54, 1.807) is 6.07 Å². The zero-order valence-electron chi connectivity index (χ0n) is 20.3. The van der Waals surface area contributed by atoms with Crippen LogP contribution in [0.2, 0.25) is 5.02 Å². The zero-order valence-corrected chi connectivity index (χ0v) is 21.9. The molecule has 2 saturated carbocycles. The second-order valence-electron chi connectivity index (χ2n) is 10.4. The summed E-state index contributed by atoms with van der Waals surface area (Å²) in [5.74, 6) is -0.251. The summed E-state index contributed by atoms with van der Waals surface area (Å²) in [6.07, 6.45) is 6.67. The third-order valence-corrected chi connectivity index (χ3v) is 9.81. The lowest BCUT2D eigenvalue weighted by Crippen LogP contribution is -2.54. The van der Waals surface area contributed by atoms with Crippen molar-refractivity contribution in [1.29, 1.82) is 0 Å². The Kier molecular flexibility index (Phi) is 7.60. The molecule has 188 valence electrons. The summed E-state index contributed by atoms with van der Waals surface area (Å²) in [7, 11) is -3.24. The monoisotopic (exact) mass is 509 g/mol. The van der Waals surface area contributed by atoms with E-state index >= 15 is 0 Å². The highest BCUT2D eigenvalue weighted by Crippen LogP contribution is 2.35. The first kappa shape index (κ1) is 25.5. The van der Waals surface area contributed by atoms with E-state index in [-0.39, 0.29) is 17.9 Å². The lowest BCUT2D eigenvalue weighted by Gasteiger charge is -2.41. The maximum Gasteiger partial charge on any atom is 0.228 e. The third kappa shape index (κ3) is 5.44. The van der Waals surface area contributed by atoms with Gasteiger partial charge in [-0.15, -0.1) is 0 Å². The van der Waals surface area contributed by atoms with Gasteiger partial charge in [-0.05, 0) is 62.8 Å². The molecule has 2 amide bonds. The third-order valence-electron chi connectivity index (χ3n) is 7.93. The van der Waals surface area contributed by atoms with Crippen molar-refractivity contribution in [2.45, 2.75) is 70.2 Å². The molecule has 1 aromatic carbocycles. The van der Waals surface area contributed by atoms with Crippen molar-refractivity contribution in [1.82, 2.24) is 9.80 Å². The minimum absolute atomic E-state index is 0.159. The maximum absolute atomic E-state index is 12.9. The molecule has 3 fully saturated rings. The van der Waals surface area contributed by atoms with Crippen LogP contribution in [0.4, 0.5) is 5.69 Å². The van der Waals surface area contributed by atoms with Gasteiger partial charge in [-0.3, -0.25) is 14.5 Å². The number of amides is 2. The van der Waals surface area contributed by atoms with E-state index < -0.39 is 21.0 Å². The molecule has 2 unspecified atom stereocenters. The highest BCUT2D eigenvalue weighted by atomic mass is 35.5. The van der Waals surface area contributed by atoms with E-state index in [2.05, 4.69) is 22.0 Å². The van der Waals surface area contributed by atoms with Gasteiger partial charge in [-0.1, -0.05) is 24.4 Å². The van der Waals surface area contributed by atoms with Crippen molar-refractivity contribution in [3.05, 3.63) is 28.3 Å². The van der Waals surface area contributed by atoms with E-state index in [1.165, 1.54) is 6.26 Å². The van der Waals surface area contributed by atoms with E-state index in [0.29, 0.717) is 36.0 Å². The number of nitrogens with zero attached hydrogens (tertiary/aromatic N) is 2. The number of sulfone groups is 1. The Balaban J connectivity index is 1.40. The van der Waals surface area contributed by atoms with Gasteiger partial charge in [0, 0.05) is 55.1 Å². The SMILES string of the molecule is Cc1c(CN2CCN(C(=O)C3CCCC3)[C@@H](C)C2)cc(Cl)cc1NC(=O)C1CCC1S(C)(=O)=O. The van der Waals surface area contributed by atoms with Crippen LogP contribution < -0.4 is 5.32 Å². The molecule has 3 atom stereocenters. The molecule has 7 nitrogen and oxygen atoms in total. The van der Waals surface area contributed by atoms with E-state index in [1.807, 2.05) is 13.0 Å². The molecule has 2 aliphatic carbocycles. The van der Waals surface area contributed by atoms with Crippen molar-refractivity contribution in [3.63, 3.8) is 0 Å². The summed E-state index contributed by atoms with van der Waals surface area (Å²) < 4.78 is 23.8. The van der Waals surface area contributed by atoms with Gasteiger partial charge in [0.25, 0.3) is 0 Å². The molecule has 0 radical (unpaired) electrons. The largest absolute Gasteiger partial charge is 0.337 e. The van der Waals surface area contributed by atoms with Crippen molar-refractivity contribution in [2.75, 3.05) is 31.2 Å². The molecule has 1 N–H and O–H groups in total. The standard InChI is InChI=1S/C25H36ClN3O4S/c1-16-14-28(10-11-29(16)25(31)18-6-4-5-7-18)15-19-12-20(26)13-22(17(19)2)27-24(30)21-8-9-23(21)34(3,32)33/h12-13,16,18,21,23H,4-11,14-15H2,1-3H3,(H,27,30)/t16-,21?,23?/m0/s1. The number of hydrogen-bond acceptors (Lipinski definition) is 5. The molecular formula is C25H36ClN3O4S. The lowest BCUT2D eigenvalue weighted by molar-refractivity contribution is -0.140. The lowest BCUT2D eigenvalue weighted by atomic mass is 9.84. The molecule has 34 heavy (non-hydrogen) atoms. The predicted molar refractivity (Wildman–Crippen MR) is 135 cm³/mol. The quantitative estimate of drug-likeness (QED) is 0.632. The van der Waals surface area contributed by atoms with E-state index in [9.17, 15) is 18.0 Å². The Labute approximate surface area is 208 Å². The van der Waals surface area contributed by atoms with Crippen LogP contribution in [-0.4, -0.2) is 67.2 Å². The Morgan fingerprint density at radius 1 is 1.12 bits per heavy atom. The second kappa shape index (κ2) is 10.2. The second-order valence-corrected chi connectivity index (χ2v) is 13.1. The molecule has 3 aliphatic rings. The van der Waals surface area contributed by atoms with Crippen LogP contribution in [0.1, 0.15) is 56.6 Å². The highest BCUT2D eigenvalue weighted by molar-refractivity contribution is 7.91. The molecular weight excluding hydrogens is 474 g/mol. The molecule has 4 rings (SSSR count). The molecule has 1 saturated heterocycles. The van der Waals surface area contributed by atoms with Gasteiger partial charge < -0.3 is 10.2 Å². The Morgan fingerprint density at radius 2 is 1.82 bits per heavy atom. The van der Waals surface area contributed by atoms with Crippen LogP contribution in [0.3, 0.4) is 0 Å². The van der Waals surface area contributed by atoms with Crippen molar-refractivity contribution in [2.24, 2.45) is 11.8 Å². The number of anilines is 1. The summed E-state index contributed by atoms with van der Waals surface area (Å²) >= 11 is 6.40. The minimum atomic E-state index is -3.24. The topological polar surface area (TPSA) is 86.8 Å². The average Bonchev–Trinajstić information content (AvgIpc) is 3.24. The van der Waals surface area contributed by atoms with Crippen molar-refractivity contribution < 1.29 is 18.0 Å². The summed E-state index contributed by atoms with van der Waals surface area (Å²) in [6.45, 7) is 7.08. The van der Waals surface area contributed by atoms with Crippen LogP contribution in [-0.2, 0) is 26.0 Å². The fraction of sp³-hybridized carbons (Fsp3) is 0.680. The van der Waals surface area contributed by atoms with Gasteiger partial charge in [0.15, 0.2) is 9.84 Å². The number of benzene rings is 1. The zero-order chi connectivity index (χ0) is 24.6. The number of piperazine rings is 1. The fourth-order valence-corrected chi connectivity index (χ4v) is 7.35. The van der Waals surface area contributed by atoms with Crippen molar-refractivity contribution >= 4 is 38.9 Å².